The molecule has 6 nitrogen and oxygen atoms in total. The van der Waals surface area contributed by atoms with Gasteiger partial charge in [0.15, 0.2) is 0 Å². The van der Waals surface area contributed by atoms with Gasteiger partial charge < -0.3 is 11.1 Å². The van der Waals surface area contributed by atoms with E-state index in [1.165, 1.54) is 6.20 Å². The summed E-state index contributed by atoms with van der Waals surface area (Å²) >= 11 is 4.26. The predicted molar refractivity (Wildman–Crippen MR) is 64.2 cm³/mol. The van der Waals surface area contributed by atoms with Crippen molar-refractivity contribution < 1.29 is 4.79 Å². The number of hydrogen-bond acceptors (Lipinski definition) is 6. The van der Waals surface area contributed by atoms with E-state index in [1.54, 1.807) is 12.3 Å². The molecule has 0 aromatic carbocycles. The van der Waals surface area contributed by atoms with E-state index >= 15 is 0 Å². The average Bonchev–Trinajstić information content (AvgIpc) is 2.76. The van der Waals surface area contributed by atoms with Gasteiger partial charge in [0, 0.05) is 10.7 Å². The van der Waals surface area contributed by atoms with Crippen molar-refractivity contribution in [3.05, 3.63) is 27.8 Å². The number of carbonyl (C=O) groups is 1. The summed E-state index contributed by atoms with van der Waals surface area (Å²) < 4.78 is 4.34. The Morgan fingerprint density at radius 2 is 2.31 bits per heavy atom. The Morgan fingerprint density at radius 1 is 1.50 bits per heavy atom. The van der Waals surface area contributed by atoms with Crippen molar-refractivity contribution in [2.24, 2.45) is 0 Å². The van der Waals surface area contributed by atoms with Gasteiger partial charge in [-0.05, 0) is 33.5 Å². The lowest BCUT2D eigenvalue weighted by Gasteiger charge is -2.05. The first-order valence-corrected chi connectivity index (χ1v) is 5.73. The van der Waals surface area contributed by atoms with E-state index in [0.717, 1.165) is 16.0 Å². The third-order valence-electron chi connectivity index (χ3n) is 1.72. The molecule has 2 rings (SSSR count). The van der Waals surface area contributed by atoms with Crippen LogP contribution in [0.3, 0.4) is 0 Å². The van der Waals surface area contributed by atoms with Gasteiger partial charge in [-0.3, -0.25) is 4.79 Å². The number of anilines is 2. The highest BCUT2D eigenvalue weighted by atomic mass is 79.9. The number of aromatic nitrogens is 3. The fourth-order valence-corrected chi connectivity index (χ4v) is 1.74. The number of rotatable bonds is 2. The minimum absolute atomic E-state index is 0.258. The first kappa shape index (κ1) is 11.0. The molecule has 0 atom stereocenters. The van der Waals surface area contributed by atoms with E-state index in [2.05, 4.69) is 35.8 Å². The molecule has 0 fully saturated rings. The molecule has 2 aromatic heterocycles. The maximum atomic E-state index is 11.7. The first-order valence-electron chi connectivity index (χ1n) is 4.16. The summed E-state index contributed by atoms with van der Waals surface area (Å²) in [6.45, 7) is 0. The third kappa shape index (κ3) is 2.34. The zero-order valence-corrected chi connectivity index (χ0v) is 10.2. The summed E-state index contributed by atoms with van der Waals surface area (Å²) in [4.78, 5) is 16.0. The monoisotopic (exact) mass is 299 g/mol. The molecule has 0 radical (unpaired) electrons. The van der Waals surface area contributed by atoms with Crippen molar-refractivity contribution in [1.29, 1.82) is 0 Å². The maximum absolute atomic E-state index is 11.7. The van der Waals surface area contributed by atoms with Crippen molar-refractivity contribution >= 4 is 44.9 Å². The number of halogens is 1. The molecule has 1 amide bonds. The van der Waals surface area contributed by atoms with Crippen LogP contribution in [0.15, 0.2) is 22.9 Å². The highest BCUT2D eigenvalue weighted by Gasteiger charge is 2.11. The molecule has 0 aliphatic heterocycles. The van der Waals surface area contributed by atoms with Crippen LogP contribution in [0.25, 0.3) is 0 Å². The fourth-order valence-electron chi connectivity index (χ4n) is 1.00. The molecule has 82 valence electrons. The molecule has 0 bridgehead atoms. The number of nitrogens with one attached hydrogen (secondary N) is 1. The summed E-state index contributed by atoms with van der Waals surface area (Å²) in [5.41, 5.74) is 6.07. The van der Waals surface area contributed by atoms with Gasteiger partial charge in [-0.15, -0.1) is 5.10 Å². The zero-order chi connectivity index (χ0) is 11.5. The number of pyridine rings is 1. The Hall–Kier alpha value is -1.54. The number of amides is 1. The van der Waals surface area contributed by atoms with E-state index in [0.29, 0.717) is 10.6 Å². The molecule has 2 aromatic rings. The number of nitrogens with zero attached hydrogens (tertiary/aromatic N) is 3. The second-order valence-electron chi connectivity index (χ2n) is 2.82. The number of hydrogen-bond donors (Lipinski definition) is 2. The van der Waals surface area contributed by atoms with Crippen molar-refractivity contribution in [2.75, 3.05) is 11.1 Å². The van der Waals surface area contributed by atoms with E-state index in [1.807, 2.05) is 0 Å². The van der Waals surface area contributed by atoms with Gasteiger partial charge in [0.1, 0.15) is 10.7 Å². The molecule has 0 aliphatic carbocycles. The minimum Gasteiger partial charge on any atom is -0.382 e. The standard InChI is InChI=1S/C8H6BrN5OS/c9-4-1-5(7(10)11-2-4)13-8(15)6-3-12-14-16-6/h1-3H,(H2,10,11)(H,13,15). The minimum atomic E-state index is -0.304. The van der Waals surface area contributed by atoms with E-state index in [4.69, 9.17) is 5.73 Å². The van der Waals surface area contributed by atoms with Crippen LogP contribution >= 0.6 is 27.5 Å². The van der Waals surface area contributed by atoms with Gasteiger partial charge in [0.05, 0.1) is 11.9 Å². The number of nitrogen functional groups attached to an aromatic ring is 1. The molecule has 16 heavy (non-hydrogen) atoms. The third-order valence-corrected chi connectivity index (χ3v) is 2.82. The molecular weight excluding hydrogens is 294 g/mol. The highest BCUT2D eigenvalue weighted by Crippen LogP contribution is 2.21. The fraction of sp³-hybridized carbons (Fsp3) is 0. The lowest BCUT2D eigenvalue weighted by atomic mass is 10.3. The van der Waals surface area contributed by atoms with Crippen LogP contribution in [0.2, 0.25) is 0 Å². The smallest absolute Gasteiger partial charge is 0.269 e. The normalized spacial score (nSPS) is 10.1. The first-order chi connectivity index (χ1) is 7.66. The van der Waals surface area contributed by atoms with Crippen molar-refractivity contribution in [2.45, 2.75) is 0 Å². The van der Waals surface area contributed by atoms with Crippen LogP contribution in [-0.4, -0.2) is 20.5 Å². The van der Waals surface area contributed by atoms with Crippen LogP contribution in [0, 0.1) is 0 Å². The SMILES string of the molecule is Nc1ncc(Br)cc1NC(=O)c1cnns1. The van der Waals surface area contributed by atoms with Crippen LogP contribution in [0.1, 0.15) is 9.67 Å². The Balaban J connectivity index is 2.21. The lowest BCUT2D eigenvalue weighted by molar-refractivity contribution is 0.103. The zero-order valence-electron chi connectivity index (χ0n) is 7.85. The Bertz CT molecular complexity index is 515. The number of carbonyl (C=O) groups excluding carboxylic acids is 1. The second kappa shape index (κ2) is 4.54. The average molecular weight is 300 g/mol. The van der Waals surface area contributed by atoms with E-state index in [-0.39, 0.29) is 11.7 Å². The van der Waals surface area contributed by atoms with Crippen molar-refractivity contribution in [1.82, 2.24) is 14.6 Å². The molecule has 2 heterocycles. The van der Waals surface area contributed by atoms with Gasteiger partial charge in [-0.25, -0.2) is 4.98 Å². The van der Waals surface area contributed by atoms with Crippen molar-refractivity contribution in [3.8, 4) is 0 Å². The Morgan fingerprint density at radius 3 is 3.00 bits per heavy atom. The van der Waals surface area contributed by atoms with E-state index in [9.17, 15) is 4.79 Å². The molecular formula is C8H6BrN5OS. The summed E-state index contributed by atoms with van der Waals surface area (Å²) in [6, 6.07) is 1.68. The quantitative estimate of drug-likeness (QED) is 0.877. The maximum Gasteiger partial charge on any atom is 0.269 e. The van der Waals surface area contributed by atoms with Crippen LogP contribution in [-0.2, 0) is 0 Å². The molecule has 0 saturated heterocycles. The van der Waals surface area contributed by atoms with Gasteiger partial charge >= 0.3 is 0 Å². The van der Waals surface area contributed by atoms with Gasteiger partial charge in [-0.1, -0.05) is 4.49 Å². The number of nitrogens with two attached hydrogens (primary N) is 1. The summed E-state index contributed by atoms with van der Waals surface area (Å²) in [7, 11) is 0. The van der Waals surface area contributed by atoms with Crippen LogP contribution < -0.4 is 11.1 Å². The lowest BCUT2D eigenvalue weighted by Crippen LogP contribution is -2.12. The highest BCUT2D eigenvalue weighted by molar-refractivity contribution is 9.10. The van der Waals surface area contributed by atoms with Crippen LogP contribution in [0.4, 0.5) is 11.5 Å². The molecule has 0 spiro atoms. The van der Waals surface area contributed by atoms with Crippen molar-refractivity contribution in [3.63, 3.8) is 0 Å². The summed E-state index contributed by atoms with van der Waals surface area (Å²) in [5, 5.41) is 6.20. The Labute approximate surface area is 103 Å². The molecule has 0 aliphatic rings. The molecule has 3 N–H and O–H groups in total. The van der Waals surface area contributed by atoms with E-state index < -0.39 is 0 Å². The molecule has 0 saturated carbocycles. The summed E-state index contributed by atoms with van der Waals surface area (Å²) in [5.74, 6) is -0.0457. The van der Waals surface area contributed by atoms with Gasteiger partial charge in [-0.2, -0.15) is 0 Å². The predicted octanol–water partition coefficient (Wildman–Crippen LogP) is 1.53. The summed E-state index contributed by atoms with van der Waals surface area (Å²) in [6.07, 6.45) is 2.95. The van der Waals surface area contributed by atoms with Gasteiger partial charge in [0.25, 0.3) is 5.91 Å². The molecule has 0 unspecified atom stereocenters. The second-order valence-corrected chi connectivity index (χ2v) is 4.52. The Kier molecular flexibility index (Phi) is 3.11. The topological polar surface area (TPSA) is 93.8 Å². The van der Waals surface area contributed by atoms with Gasteiger partial charge in [0.2, 0.25) is 0 Å². The largest absolute Gasteiger partial charge is 0.382 e. The molecule has 8 heteroatoms. The van der Waals surface area contributed by atoms with Crippen LogP contribution in [0.5, 0.6) is 0 Å².